The lowest BCUT2D eigenvalue weighted by molar-refractivity contribution is -0.118. The van der Waals surface area contributed by atoms with Crippen molar-refractivity contribution < 1.29 is 31.9 Å². The van der Waals surface area contributed by atoms with Gasteiger partial charge in [-0.3, -0.25) is 9.59 Å². The third-order valence-electron chi connectivity index (χ3n) is 8.06. The molecule has 12 heteroatoms. The molecular weight excluding hydrogens is 566 g/mol. The first kappa shape index (κ1) is 27.4. The van der Waals surface area contributed by atoms with Crippen LogP contribution in [0.3, 0.4) is 0 Å². The van der Waals surface area contributed by atoms with E-state index in [0.717, 1.165) is 11.5 Å². The van der Waals surface area contributed by atoms with E-state index in [2.05, 4.69) is 21.3 Å². The Hall–Kier alpha value is -4.42. The van der Waals surface area contributed by atoms with Crippen LogP contribution in [0.4, 0.5) is 28.9 Å². The molecule has 0 saturated carbocycles. The van der Waals surface area contributed by atoms with E-state index in [0.29, 0.717) is 33.9 Å². The van der Waals surface area contributed by atoms with Gasteiger partial charge >= 0.3 is 0 Å². The Labute approximate surface area is 243 Å². The first-order chi connectivity index (χ1) is 20.7. The average Bonchev–Trinajstić information content (AvgIpc) is 3.70. The van der Waals surface area contributed by atoms with Gasteiger partial charge in [0.25, 0.3) is 0 Å². The van der Waals surface area contributed by atoms with E-state index in [-0.39, 0.29) is 43.3 Å². The summed E-state index contributed by atoms with van der Waals surface area (Å²) in [5.41, 5.74) is 3.19. The van der Waals surface area contributed by atoms with Crippen LogP contribution in [0.1, 0.15) is 24.6 Å². The molecule has 2 saturated heterocycles. The fourth-order valence-corrected chi connectivity index (χ4v) is 6.03. The highest BCUT2D eigenvalue weighted by atomic mass is 19.1. The number of carbonyl (C=O) groups excluding carboxylic acids is 2. The summed E-state index contributed by atoms with van der Waals surface area (Å²) < 4.78 is 64.1. The topological polar surface area (TPSA) is 96.4 Å². The van der Waals surface area contributed by atoms with E-state index >= 15 is 0 Å². The first-order valence-electron chi connectivity index (χ1n) is 14.0. The summed E-state index contributed by atoms with van der Waals surface area (Å²) in [6.45, 7) is 0.245. The average molecular weight is 594 g/mol. The van der Waals surface area contributed by atoms with Crippen molar-refractivity contribution in [2.45, 2.75) is 43.5 Å². The van der Waals surface area contributed by atoms with Gasteiger partial charge in [0.15, 0.2) is 0 Å². The molecule has 222 valence electrons. The van der Waals surface area contributed by atoms with Crippen molar-refractivity contribution >= 4 is 34.1 Å². The lowest BCUT2D eigenvalue weighted by Crippen LogP contribution is -2.35. The Balaban J connectivity index is 1.26. The maximum Gasteiger partial charge on any atom is 0.241 e. The molecule has 0 spiro atoms. The molecule has 0 aliphatic carbocycles. The molecule has 3 aromatic carbocycles. The van der Waals surface area contributed by atoms with E-state index in [1.165, 1.54) is 12.1 Å². The van der Waals surface area contributed by atoms with Crippen molar-refractivity contribution in [3.8, 4) is 17.0 Å². The third-order valence-corrected chi connectivity index (χ3v) is 8.06. The number of nitrogens with one attached hydrogen (secondary N) is 4. The van der Waals surface area contributed by atoms with Crippen molar-refractivity contribution in [1.29, 1.82) is 0 Å². The predicted octanol–water partition coefficient (Wildman–Crippen LogP) is 4.80. The molecule has 4 N–H and O–H groups in total. The van der Waals surface area contributed by atoms with E-state index < -0.39 is 42.3 Å². The van der Waals surface area contributed by atoms with Crippen LogP contribution in [0, 0.1) is 11.6 Å². The maximum absolute atomic E-state index is 14.4. The van der Waals surface area contributed by atoms with Gasteiger partial charge in [-0.1, -0.05) is 0 Å². The van der Waals surface area contributed by atoms with Crippen LogP contribution in [0.15, 0.2) is 60.7 Å². The molecular formula is C31H27F4N5O3. The quantitative estimate of drug-likeness (QED) is 0.250. The standard InChI is InChI=1S/C31H27F4N5O3/c32-17-5-16(6-18(33)9-17)31-40-26-4-2-21(38-29(41)24-10-19(34)13-36-24)7-15(26)8-27(40)23-3-1-22(12-28(23)43-31)39-30(42)25-11-20(35)14-37-25/h1-9,12,19-20,24-25,31,36-37H,10-11,13-14H2,(H,38,41)(H,39,42)/t19-,20+,24-,25-,31?/m0/s1. The second kappa shape index (κ2) is 10.7. The van der Waals surface area contributed by atoms with Crippen molar-refractivity contribution in [2.75, 3.05) is 23.7 Å². The fraction of sp³-hybridized carbons (Fsp3) is 0.290. The van der Waals surface area contributed by atoms with Crippen molar-refractivity contribution in [1.82, 2.24) is 15.2 Å². The van der Waals surface area contributed by atoms with Gasteiger partial charge in [0.2, 0.25) is 18.0 Å². The number of rotatable bonds is 5. The molecule has 7 rings (SSSR count). The highest BCUT2D eigenvalue weighted by Crippen LogP contribution is 2.45. The monoisotopic (exact) mass is 593 g/mol. The summed E-state index contributed by atoms with van der Waals surface area (Å²) in [5.74, 6) is -1.88. The zero-order valence-corrected chi connectivity index (χ0v) is 22.7. The van der Waals surface area contributed by atoms with Crippen LogP contribution in [-0.4, -0.2) is 53.9 Å². The van der Waals surface area contributed by atoms with Gasteiger partial charge in [0, 0.05) is 66.0 Å². The van der Waals surface area contributed by atoms with Crippen LogP contribution in [-0.2, 0) is 9.59 Å². The summed E-state index contributed by atoms with van der Waals surface area (Å²) in [6.07, 6.45) is -2.95. The number of ether oxygens (including phenoxy) is 1. The lowest BCUT2D eigenvalue weighted by atomic mass is 10.1. The Morgan fingerprint density at radius 1 is 0.791 bits per heavy atom. The molecule has 5 atom stereocenters. The minimum atomic E-state index is -1.09. The number of anilines is 2. The molecule has 1 unspecified atom stereocenters. The number of aromatic nitrogens is 1. The number of benzene rings is 3. The van der Waals surface area contributed by atoms with Gasteiger partial charge in [-0.05, 0) is 48.5 Å². The molecule has 0 radical (unpaired) electrons. The highest BCUT2D eigenvalue weighted by Gasteiger charge is 2.33. The summed E-state index contributed by atoms with van der Waals surface area (Å²) in [7, 11) is 0. The Bertz CT molecular complexity index is 1740. The van der Waals surface area contributed by atoms with Crippen LogP contribution in [0.25, 0.3) is 22.2 Å². The molecule has 0 bridgehead atoms. The molecule has 4 aromatic rings. The maximum atomic E-state index is 14.4. The number of carbonyl (C=O) groups is 2. The van der Waals surface area contributed by atoms with Gasteiger partial charge in [-0.2, -0.15) is 0 Å². The summed E-state index contributed by atoms with van der Waals surface area (Å²) in [5, 5.41) is 12.1. The second-order valence-corrected chi connectivity index (χ2v) is 11.1. The smallest absolute Gasteiger partial charge is 0.241 e. The normalized spacial score (nSPS) is 24.3. The molecule has 43 heavy (non-hydrogen) atoms. The van der Waals surface area contributed by atoms with Crippen LogP contribution in [0.5, 0.6) is 5.75 Å². The van der Waals surface area contributed by atoms with Gasteiger partial charge in [-0.15, -0.1) is 0 Å². The van der Waals surface area contributed by atoms with Crippen molar-refractivity contribution in [3.63, 3.8) is 0 Å². The van der Waals surface area contributed by atoms with Gasteiger partial charge < -0.3 is 30.6 Å². The molecule has 2 fully saturated rings. The number of hydrogen-bond donors (Lipinski definition) is 4. The molecule has 1 aromatic heterocycles. The van der Waals surface area contributed by atoms with E-state index in [4.69, 9.17) is 4.74 Å². The molecule has 4 heterocycles. The Morgan fingerprint density at radius 2 is 1.40 bits per heavy atom. The third kappa shape index (κ3) is 5.21. The van der Waals surface area contributed by atoms with Crippen molar-refractivity contribution in [3.05, 3.63) is 77.9 Å². The number of halogens is 4. The molecule has 3 aliphatic heterocycles. The van der Waals surface area contributed by atoms with E-state index in [1.807, 2.05) is 10.6 Å². The minimum absolute atomic E-state index is 0.0799. The zero-order valence-electron chi connectivity index (χ0n) is 22.7. The fourth-order valence-electron chi connectivity index (χ4n) is 6.03. The van der Waals surface area contributed by atoms with Crippen molar-refractivity contribution in [2.24, 2.45) is 0 Å². The number of alkyl halides is 2. The van der Waals surface area contributed by atoms with E-state index in [9.17, 15) is 27.2 Å². The predicted molar refractivity (Wildman–Crippen MR) is 152 cm³/mol. The Kier molecular flexibility index (Phi) is 6.82. The van der Waals surface area contributed by atoms with Gasteiger partial charge in [0.05, 0.1) is 23.3 Å². The first-order valence-corrected chi connectivity index (χ1v) is 14.0. The summed E-state index contributed by atoms with van der Waals surface area (Å²) >= 11 is 0. The van der Waals surface area contributed by atoms with Crippen LogP contribution < -0.4 is 26.0 Å². The van der Waals surface area contributed by atoms with Crippen LogP contribution >= 0.6 is 0 Å². The van der Waals surface area contributed by atoms with Crippen LogP contribution in [0.2, 0.25) is 0 Å². The van der Waals surface area contributed by atoms with E-state index in [1.54, 1.807) is 36.4 Å². The lowest BCUT2D eigenvalue weighted by Gasteiger charge is -2.30. The summed E-state index contributed by atoms with van der Waals surface area (Å²) in [6, 6.07) is 14.1. The SMILES string of the molecule is O=C(Nc1ccc2c(c1)cc1n2C(c2cc(F)cc(F)c2)Oc2cc(NC(=O)[C@@H]3C[C@@H](F)CN3)ccc2-1)[C@@H]1C[C@H](F)CN1. The number of fused-ring (bicyclic) bond motifs is 5. The molecule has 8 nitrogen and oxygen atoms in total. The number of hydrogen-bond acceptors (Lipinski definition) is 5. The number of amides is 2. The molecule has 2 amide bonds. The highest BCUT2D eigenvalue weighted by molar-refractivity contribution is 5.99. The largest absolute Gasteiger partial charge is 0.465 e. The summed E-state index contributed by atoms with van der Waals surface area (Å²) in [4.78, 5) is 25.4. The van der Waals surface area contributed by atoms with Gasteiger partial charge in [0.1, 0.15) is 29.7 Å². The minimum Gasteiger partial charge on any atom is -0.465 e. The Morgan fingerprint density at radius 3 is 2.00 bits per heavy atom. The zero-order chi connectivity index (χ0) is 29.8. The second-order valence-electron chi connectivity index (χ2n) is 11.1. The van der Waals surface area contributed by atoms with Gasteiger partial charge in [-0.25, -0.2) is 17.6 Å². The molecule has 3 aliphatic rings. The number of nitrogens with zero attached hydrogens (tertiary/aromatic N) is 1.